The molecule has 0 aliphatic rings. The minimum atomic E-state index is 0.289. The highest BCUT2D eigenvalue weighted by Gasteiger charge is 1.96. The average Bonchev–Trinajstić information content (AvgIpc) is 2.59. The molecule has 0 N–H and O–H groups in total. The van der Waals surface area contributed by atoms with Gasteiger partial charge in [0.25, 0.3) is 0 Å². The molecule has 0 spiro atoms. The van der Waals surface area contributed by atoms with E-state index in [4.69, 9.17) is 0 Å². The highest BCUT2D eigenvalue weighted by Crippen LogP contribution is 2.10. The summed E-state index contributed by atoms with van der Waals surface area (Å²) >= 11 is 0. The van der Waals surface area contributed by atoms with Crippen LogP contribution < -0.4 is 0 Å². The molecule has 2 aromatic carbocycles. The van der Waals surface area contributed by atoms with Crippen LogP contribution in [0.1, 0.15) is 69.2 Å². The number of carbonyl (C=O) groups excluding carboxylic acids is 1. The summed E-state index contributed by atoms with van der Waals surface area (Å²) in [7, 11) is 0. The van der Waals surface area contributed by atoms with Gasteiger partial charge in [0.2, 0.25) is 0 Å². The van der Waals surface area contributed by atoms with E-state index in [9.17, 15) is 4.79 Å². The standard InChI is InChI=1S/C11H16.C8H10.C5H10O/c1-3-7-11-9-6-5-8-10(11)4-2;1-7-3-5-8(2)6-4-7;1-3-4-5(2)6/h5-6,8-9H,3-4,7H2,1-2H3;3-6H,1-2H3;3-4H2,1-2H3. The summed E-state index contributed by atoms with van der Waals surface area (Å²) < 4.78 is 0. The van der Waals surface area contributed by atoms with Crippen molar-refractivity contribution >= 4 is 5.78 Å². The predicted octanol–water partition coefficient (Wildman–Crippen LogP) is 6.88. The summed E-state index contributed by atoms with van der Waals surface area (Å²) in [6, 6.07) is 17.2. The monoisotopic (exact) mass is 340 g/mol. The number of ketones is 1. The van der Waals surface area contributed by atoms with Crippen molar-refractivity contribution in [2.45, 2.75) is 73.6 Å². The number of hydrogen-bond donors (Lipinski definition) is 0. The molecule has 2 aromatic rings. The maximum Gasteiger partial charge on any atom is 0.129 e. The van der Waals surface area contributed by atoms with Gasteiger partial charge < -0.3 is 4.79 Å². The lowest BCUT2D eigenvalue weighted by atomic mass is 10.0. The number of rotatable bonds is 5. The number of Topliss-reactive ketones (excluding diaryl/α,β-unsaturated/α-hetero) is 1. The van der Waals surface area contributed by atoms with Crippen LogP contribution in [-0.2, 0) is 17.6 Å². The Hall–Kier alpha value is -1.89. The molecule has 0 atom stereocenters. The highest BCUT2D eigenvalue weighted by molar-refractivity contribution is 5.75. The van der Waals surface area contributed by atoms with Crippen molar-refractivity contribution in [3.8, 4) is 0 Å². The molecule has 0 saturated heterocycles. The Labute approximate surface area is 155 Å². The van der Waals surface area contributed by atoms with Gasteiger partial charge in [0, 0.05) is 6.42 Å². The summed E-state index contributed by atoms with van der Waals surface area (Å²) in [4.78, 5) is 10.0. The molecule has 0 saturated carbocycles. The first-order valence-corrected chi connectivity index (χ1v) is 9.53. The average molecular weight is 341 g/mol. The zero-order valence-corrected chi connectivity index (χ0v) is 17.1. The molecule has 2 rings (SSSR count). The summed E-state index contributed by atoms with van der Waals surface area (Å²) in [6.45, 7) is 12.3. The van der Waals surface area contributed by atoms with Gasteiger partial charge in [-0.25, -0.2) is 0 Å². The molecule has 138 valence electrons. The van der Waals surface area contributed by atoms with Crippen LogP contribution in [0.2, 0.25) is 0 Å². The Bertz CT molecular complexity index is 560. The Morgan fingerprint density at radius 1 is 0.760 bits per heavy atom. The van der Waals surface area contributed by atoms with Crippen LogP contribution in [-0.4, -0.2) is 5.78 Å². The van der Waals surface area contributed by atoms with E-state index in [1.807, 2.05) is 6.92 Å². The van der Waals surface area contributed by atoms with Crippen LogP contribution in [0.3, 0.4) is 0 Å². The van der Waals surface area contributed by atoms with Crippen molar-refractivity contribution in [3.05, 3.63) is 70.8 Å². The van der Waals surface area contributed by atoms with Crippen LogP contribution in [0, 0.1) is 13.8 Å². The fraction of sp³-hybridized carbons (Fsp3) is 0.458. The number of carbonyl (C=O) groups is 1. The van der Waals surface area contributed by atoms with Gasteiger partial charge >= 0.3 is 0 Å². The van der Waals surface area contributed by atoms with Gasteiger partial charge in [-0.2, -0.15) is 0 Å². The van der Waals surface area contributed by atoms with Gasteiger partial charge in [-0.05, 0) is 51.2 Å². The quantitative estimate of drug-likeness (QED) is 0.579. The second kappa shape index (κ2) is 14.5. The van der Waals surface area contributed by atoms with E-state index < -0.39 is 0 Å². The van der Waals surface area contributed by atoms with Crippen molar-refractivity contribution in [3.63, 3.8) is 0 Å². The number of hydrogen-bond acceptors (Lipinski definition) is 1. The smallest absolute Gasteiger partial charge is 0.129 e. The second-order valence-electron chi connectivity index (χ2n) is 6.48. The predicted molar refractivity (Wildman–Crippen MR) is 111 cm³/mol. The first-order valence-electron chi connectivity index (χ1n) is 9.53. The van der Waals surface area contributed by atoms with E-state index in [0.717, 1.165) is 19.3 Å². The fourth-order valence-electron chi connectivity index (χ4n) is 2.40. The maximum atomic E-state index is 10.0. The fourth-order valence-corrected chi connectivity index (χ4v) is 2.40. The molecule has 0 aliphatic heterocycles. The molecular weight excluding hydrogens is 304 g/mol. The lowest BCUT2D eigenvalue weighted by molar-refractivity contribution is -0.117. The molecule has 0 radical (unpaired) electrons. The van der Waals surface area contributed by atoms with Crippen molar-refractivity contribution < 1.29 is 4.79 Å². The van der Waals surface area contributed by atoms with Crippen LogP contribution in [0.15, 0.2) is 48.5 Å². The molecule has 1 heteroatoms. The van der Waals surface area contributed by atoms with Gasteiger partial charge in [-0.1, -0.05) is 86.8 Å². The van der Waals surface area contributed by atoms with Crippen molar-refractivity contribution in [1.82, 2.24) is 0 Å². The second-order valence-corrected chi connectivity index (χ2v) is 6.48. The minimum Gasteiger partial charge on any atom is -0.300 e. The van der Waals surface area contributed by atoms with E-state index in [2.05, 4.69) is 76.2 Å². The zero-order valence-electron chi connectivity index (χ0n) is 17.1. The normalized spacial score (nSPS) is 9.36. The lowest BCUT2D eigenvalue weighted by Gasteiger charge is -2.04. The zero-order chi connectivity index (χ0) is 19.1. The Morgan fingerprint density at radius 2 is 1.24 bits per heavy atom. The number of aryl methyl sites for hydroxylation is 4. The van der Waals surface area contributed by atoms with Crippen LogP contribution in [0.4, 0.5) is 0 Å². The van der Waals surface area contributed by atoms with Gasteiger partial charge in [0.15, 0.2) is 0 Å². The highest BCUT2D eigenvalue weighted by atomic mass is 16.1. The molecule has 25 heavy (non-hydrogen) atoms. The maximum absolute atomic E-state index is 10.0. The molecular formula is C24H36O. The SMILES string of the molecule is CCCC(C)=O.CCCc1ccccc1CC.Cc1ccc(C)cc1. The van der Waals surface area contributed by atoms with Crippen molar-refractivity contribution in [2.75, 3.05) is 0 Å². The topological polar surface area (TPSA) is 17.1 Å². The summed E-state index contributed by atoms with van der Waals surface area (Å²) in [5.74, 6) is 0.289. The van der Waals surface area contributed by atoms with Gasteiger partial charge in [-0.3, -0.25) is 0 Å². The van der Waals surface area contributed by atoms with E-state index in [0.29, 0.717) is 0 Å². The first kappa shape index (κ1) is 23.1. The lowest BCUT2D eigenvalue weighted by Crippen LogP contribution is -1.90. The Morgan fingerprint density at radius 3 is 1.56 bits per heavy atom. The molecule has 0 aliphatic carbocycles. The van der Waals surface area contributed by atoms with Crippen molar-refractivity contribution in [1.29, 1.82) is 0 Å². The number of benzene rings is 2. The van der Waals surface area contributed by atoms with E-state index >= 15 is 0 Å². The summed E-state index contributed by atoms with van der Waals surface area (Å²) in [5, 5.41) is 0. The third kappa shape index (κ3) is 12.2. The third-order valence-electron chi connectivity index (χ3n) is 3.84. The molecule has 0 unspecified atom stereocenters. The van der Waals surface area contributed by atoms with Crippen LogP contribution >= 0.6 is 0 Å². The first-order chi connectivity index (χ1) is 11.9. The van der Waals surface area contributed by atoms with Crippen molar-refractivity contribution in [2.24, 2.45) is 0 Å². The van der Waals surface area contributed by atoms with Gasteiger partial charge in [0.05, 0.1) is 0 Å². The molecule has 0 heterocycles. The van der Waals surface area contributed by atoms with E-state index in [-0.39, 0.29) is 5.78 Å². The van der Waals surface area contributed by atoms with Gasteiger partial charge in [0.1, 0.15) is 5.78 Å². The van der Waals surface area contributed by atoms with Crippen LogP contribution in [0.5, 0.6) is 0 Å². The van der Waals surface area contributed by atoms with Gasteiger partial charge in [-0.15, -0.1) is 0 Å². The minimum absolute atomic E-state index is 0.289. The molecule has 0 fully saturated rings. The largest absolute Gasteiger partial charge is 0.300 e. The molecule has 0 aromatic heterocycles. The summed E-state index contributed by atoms with van der Waals surface area (Å²) in [6.07, 6.45) is 5.35. The van der Waals surface area contributed by atoms with Crippen LogP contribution in [0.25, 0.3) is 0 Å². The molecule has 1 nitrogen and oxygen atoms in total. The molecule has 0 bridgehead atoms. The Kier molecular flexibility index (Phi) is 13.4. The van der Waals surface area contributed by atoms with E-state index in [1.54, 1.807) is 6.92 Å². The summed E-state index contributed by atoms with van der Waals surface area (Å²) in [5.41, 5.74) is 5.69. The molecule has 0 amide bonds. The van der Waals surface area contributed by atoms with E-state index in [1.165, 1.54) is 35.1 Å². The Balaban J connectivity index is 0.000000365. The third-order valence-corrected chi connectivity index (χ3v) is 3.84.